The van der Waals surface area contributed by atoms with E-state index in [0.717, 1.165) is 46.2 Å². The van der Waals surface area contributed by atoms with Gasteiger partial charge >= 0.3 is 0 Å². The van der Waals surface area contributed by atoms with Crippen molar-refractivity contribution in [2.24, 2.45) is 0 Å². The first-order valence-electron chi connectivity index (χ1n) is 11.3. The number of carbonyl (C=O) groups excluding carboxylic acids is 1. The van der Waals surface area contributed by atoms with Crippen molar-refractivity contribution in [3.63, 3.8) is 0 Å². The minimum absolute atomic E-state index is 0.0317. The molecule has 2 aliphatic carbocycles. The van der Waals surface area contributed by atoms with Crippen molar-refractivity contribution >= 4 is 22.7 Å². The van der Waals surface area contributed by atoms with Crippen LogP contribution < -0.4 is 9.64 Å². The minimum Gasteiger partial charge on any atom is -0.493 e. The maximum Gasteiger partial charge on any atom is 0.224 e. The van der Waals surface area contributed by atoms with Crippen LogP contribution in [-0.4, -0.2) is 17.5 Å². The number of aromatic nitrogens is 1. The highest BCUT2D eigenvalue weighted by atomic mass is 16.5. The Morgan fingerprint density at radius 3 is 2.58 bits per heavy atom. The lowest BCUT2D eigenvalue weighted by molar-refractivity contribution is -0.116. The molecule has 0 unspecified atom stereocenters. The number of amides is 1. The summed E-state index contributed by atoms with van der Waals surface area (Å²) in [5.74, 6) is 1.87. The summed E-state index contributed by atoms with van der Waals surface area (Å²) in [6, 6.07) is 20.3. The van der Waals surface area contributed by atoms with E-state index in [-0.39, 0.29) is 5.91 Å². The Kier molecular flexibility index (Phi) is 5.82. The quantitative estimate of drug-likeness (QED) is 0.412. The summed E-state index contributed by atoms with van der Waals surface area (Å²) < 4.78 is 6.02. The molecule has 2 aliphatic rings. The summed E-state index contributed by atoms with van der Waals surface area (Å²) in [6.07, 6.45) is 9.02. The fraction of sp³-hybridized carbons (Fsp3) is 0.172. The number of hydrogen-bond donors (Lipinski definition) is 0. The van der Waals surface area contributed by atoms with Crippen molar-refractivity contribution in [3.05, 3.63) is 114 Å². The summed E-state index contributed by atoms with van der Waals surface area (Å²) in [7, 11) is 0. The van der Waals surface area contributed by atoms with Crippen molar-refractivity contribution < 1.29 is 9.53 Å². The highest BCUT2D eigenvalue weighted by Gasteiger charge is 2.34. The Balaban J connectivity index is 1.46. The van der Waals surface area contributed by atoms with Crippen molar-refractivity contribution in [1.29, 1.82) is 0 Å². The minimum atomic E-state index is -0.0317. The molecule has 2 aromatic carbocycles. The smallest absolute Gasteiger partial charge is 0.224 e. The van der Waals surface area contributed by atoms with Crippen LogP contribution in [0.1, 0.15) is 42.7 Å². The van der Waals surface area contributed by atoms with Crippen molar-refractivity contribution in [2.75, 3.05) is 11.5 Å². The Morgan fingerprint density at radius 1 is 1.03 bits per heavy atom. The predicted molar refractivity (Wildman–Crippen MR) is 132 cm³/mol. The van der Waals surface area contributed by atoms with Crippen LogP contribution >= 0.6 is 0 Å². The number of allylic oxidation sites excluding steroid dienone is 4. The lowest BCUT2D eigenvalue weighted by Gasteiger charge is -2.25. The van der Waals surface area contributed by atoms with Gasteiger partial charge in [0.05, 0.1) is 30.5 Å². The molecule has 2 radical (unpaired) electrons. The normalized spacial score (nSPS) is 14.4. The van der Waals surface area contributed by atoms with Crippen LogP contribution in [0.5, 0.6) is 5.75 Å². The van der Waals surface area contributed by atoms with E-state index in [0.29, 0.717) is 13.2 Å². The van der Waals surface area contributed by atoms with E-state index in [4.69, 9.17) is 4.74 Å². The molecule has 4 heteroatoms. The molecule has 0 atom stereocenters. The second-order valence-electron chi connectivity index (χ2n) is 8.27. The molecule has 5 rings (SSSR count). The highest BCUT2D eigenvalue weighted by molar-refractivity contribution is 6.01. The van der Waals surface area contributed by atoms with Crippen LogP contribution in [0.3, 0.4) is 0 Å². The maximum absolute atomic E-state index is 12.9. The molecule has 4 nitrogen and oxygen atoms in total. The summed E-state index contributed by atoms with van der Waals surface area (Å²) in [5, 5.41) is 0. The van der Waals surface area contributed by atoms with Gasteiger partial charge in [-0.1, -0.05) is 55.5 Å². The first-order chi connectivity index (χ1) is 16.2. The molecule has 33 heavy (non-hydrogen) atoms. The average molecular weight is 435 g/mol. The van der Waals surface area contributed by atoms with E-state index >= 15 is 0 Å². The first-order valence-corrected chi connectivity index (χ1v) is 11.3. The van der Waals surface area contributed by atoms with E-state index in [9.17, 15) is 4.79 Å². The molecule has 0 saturated carbocycles. The van der Waals surface area contributed by atoms with Gasteiger partial charge in [0.15, 0.2) is 0 Å². The van der Waals surface area contributed by atoms with E-state index < -0.39 is 0 Å². The maximum atomic E-state index is 12.9. The monoisotopic (exact) mass is 434 g/mol. The van der Waals surface area contributed by atoms with Crippen LogP contribution in [0.2, 0.25) is 0 Å². The topological polar surface area (TPSA) is 42.4 Å². The third kappa shape index (κ3) is 4.61. The lowest BCUT2D eigenvalue weighted by Crippen LogP contribution is -2.29. The number of anilines is 1. The van der Waals surface area contributed by atoms with Crippen molar-refractivity contribution in [3.8, 4) is 5.75 Å². The van der Waals surface area contributed by atoms with E-state index in [2.05, 4.69) is 54.7 Å². The standard InChI is InChI=1S/C29H26N2O2/c1-3-16-33-28-14-13-23(21-11-12-21)17-24(28)19-31(20(2)32)27-10-7-15-30-29(27)26-18-25(26)22-8-5-4-6-9-22/h4-15,17-18H,3,16,19H2,1-2H3. The molecule has 1 amide bonds. The molecule has 0 bridgehead atoms. The first kappa shape index (κ1) is 21.2. The highest BCUT2D eigenvalue weighted by Crippen LogP contribution is 2.47. The zero-order valence-electron chi connectivity index (χ0n) is 18.9. The molecule has 0 saturated heterocycles. The number of benzene rings is 2. The predicted octanol–water partition coefficient (Wildman–Crippen LogP) is 6.04. The van der Waals surface area contributed by atoms with Gasteiger partial charge < -0.3 is 9.64 Å². The molecule has 3 aromatic rings. The number of ether oxygens (including phenoxy) is 1. The Hall–Kier alpha value is -3.66. The number of carbonyl (C=O) groups is 1. The van der Waals surface area contributed by atoms with Crippen LogP contribution in [0, 0.1) is 12.3 Å². The number of nitrogens with zero attached hydrogens (tertiary/aromatic N) is 2. The SMILES string of the molecule is CCCOc1ccc(C2=C[CH]2)cc1CN(C(C)=O)c1cccnc1[C]1C=C1c1ccccc1. The van der Waals surface area contributed by atoms with Gasteiger partial charge in [-0.2, -0.15) is 0 Å². The number of pyridine rings is 1. The van der Waals surface area contributed by atoms with Gasteiger partial charge in [0.25, 0.3) is 0 Å². The molecule has 0 spiro atoms. The molecule has 1 heterocycles. The van der Waals surface area contributed by atoms with Gasteiger partial charge in [-0.05, 0) is 53.0 Å². The second kappa shape index (κ2) is 9.07. The van der Waals surface area contributed by atoms with Gasteiger partial charge in [0.1, 0.15) is 5.75 Å². The Morgan fingerprint density at radius 2 is 1.85 bits per heavy atom. The lowest BCUT2D eigenvalue weighted by atomic mass is 10.0. The average Bonchev–Trinajstić information content (AvgIpc) is 3.76. The summed E-state index contributed by atoms with van der Waals surface area (Å²) in [4.78, 5) is 19.3. The molecule has 164 valence electrons. The van der Waals surface area contributed by atoms with Crippen LogP contribution in [0.25, 0.3) is 11.1 Å². The van der Waals surface area contributed by atoms with Gasteiger partial charge in [0.2, 0.25) is 5.91 Å². The molecule has 0 N–H and O–H groups in total. The fourth-order valence-electron chi connectivity index (χ4n) is 3.99. The van der Waals surface area contributed by atoms with Crippen LogP contribution in [0.15, 0.2) is 79.0 Å². The fourth-order valence-corrected chi connectivity index (χ4v) is 3.99. The Bertz CT molecular complexity index is 1240. The van der Waals surface area contributed by atoms with E-state index in [1.807, 2.05) is 36.4 Å². The van der Waals surface area contributed by atoms with Crippen LogP contribution in [-0.2, 0) is 11.3 Å². The second-order valence-corrected chi connectivity index (χ2v) is 8.27. The summed E-state index contributed by atoms with van der Waals surface area (Å²) >= 11 is 0. The molecular formula is C29H26N2O2. The summed E-state index contributed by atoms with van der Waals surface area (Å²) in [5.41, 5.74) is 7.33. The largest absolute Gasteiger partial charge is 0.493 e. The zero-order chi connectivity index (χ0) is 22.8. The number of rotatable bonds is 9. The third-order valence-corrected chi connectivity index (χ3v) is 5.81. The van der Waals surface area contributed by atoms with Crippen molar-refractivity contribution in [1.82, 2.24) is 4.98 Å². The third-order valence-electron chi connectivity index (χ3n) is 5.81. The van der Waals surface area contributed by atoms with E-state index in [1.54, 1.807) is 18.0 Å². The molecular weight excluding hydrogens is 408 g/mol. The van der Waals surface area contributed by atoms with E-state index in [1.165, 1.54) is 11.1 Å². The molecule has 1 aromatic heterocycles. The van der Waals surface area contributed by atoms with Gasteiger partial charge in [-0.3, -0.25) is 9.78 Å². The van der Waals surface area contributed by atoms with Gasteiger partial charge in [-0.15, -0.1) is 0 Å². The Labute approximate surface area is 195 Å². The number of hydrogen-bond acceptors (Lipinski definition) is 3. The van der Waals surface area contributed by atoms with Gasteiger partial charge in [0, 0.05) is 25.1 Å². The van der Waals surface area contributed by atoms with Gasteiger partial charge in [-0.25, -0.2) is 0 Å². The molecule has 0 fully saturated rings. The zero-order valence-corrected chi connectivity index (χ0v) is 18.9. The summed E-state index contributed by atoms with van der Waals surface area (Å²) in [6.45, 7) is 4.75. The molecule has 0 aliphatic heterocycles. The van der Waals surface area contributed by atoms with Crippen LogP contribution in [0.4, 0.5) is 5.69 Å². The van der Waals surface area contributed by atoms with Crippen molar-refractivity contribution in [2.45, 2.75) is 26.8 Å².